The van der Waals surface area contributed by atoms with Gasteiger partial charge in [0.05, 0.1) is 31.7 Å². The molecule has 1 aromatic heterocycles. The Kier molecular flexibility index (Phi) is 6.83. The van der Waals surface area contributed by atoms with Crippen LogP contribution in [0.15, 0.2) is 33.9 Å². The lowest BCUT2D eigenvalue weighted by molar-refractivity contribution is -0.143. The van der Waals surface area contributed by atoms with Crippen LogP contribution in [-0.2, 0) is 38.5 Å². The second-order valence-electron chi connectivity index (χ2n) is 8.42. The lowest BCUT2D eigenvalue weighted by Crippen LogP contribution is -2.45. The minimum absolute atomic E-state index is 0.138. The number of hydrogen-bond acceptors (Lipinski definition) is 7. The van der Waals surface area contributed by atoms with E-state index < -0.39 is 29.4 Å². The van der Waals surface area contributed by atoms with Gasteiger partial charge in [-0.15, -0.1) is 0 Å². The molecule has 1 amide bonds. The van der Waals surface area contributed by atoms with E-state index in [2.05, 4.69) is 10.3 Å². The molecule has 2 heterocycles. The van der Waals surface area contributed by atoms with Crippen LogP contribution in [0.4, 0.5) is 4.79 Å². The molecule has 1 aromatic carbocycles. The summed E-state index contributed by atoms with van der Waals surface area (Å²) in [5.41, 5.74) is 0.485. The zero-order chi connectivity index (χ0) is 23.5. The molecule has 10 heteroatoms. The molecule has 32 heavy (non-hydrogen) atoms. The number of carbonyl (C=O) groups is 2. The number of alkyl carbamates (subject to hydrolysis) is 1. The number of carbonyl (C=O) groups excluding carboxylic acids is 2. The molecule has 0 saturated carbocycles. The molecule has 2 N–H and O–H groups in total. The summed E-state index contributed by atoms with van der Waals surface area (Å²) < 4.78 is 16.4. The minimum atomic E-state index is -0.962. The Balaban J connectivity index is 1.81. The first-order valence-electron chi connectivity index (χ1n) is 10.2. The van der Waals surface area contributed by atoms with Crippen LogP contribution in [-0.4, -0.2) is 47.0 Å². The van der Waals surface area contributed by atoms with Crippen LogP contribution in [0.5, 0.6) is 0 Å². The average molecular weight is 445 g/mol. The summed E-state index contributed by atoms with van der Waals surface area (Å²) in [6.07, 6.45) is -0.167. The van der Waals surface area contributed by atoms with Crippen molar-refractivity contribution in [1.29, 1.82) is 0 Å². The molecule has 0 saturated heterocycles. The van der Waals surface area contributed by atoms with Crippen molar-refractivity contribution in [2.75, 3.05) is 13.7 Å². The summed E-state index contributed by atoms with van der Waals surface area (Å²) >= 11 is 0. The maximum Gasteiger partial charge on any atom is 0.408 e. The Morgan fingerprint density at radius 2 is 1.91 bits per heavy atom. The third-order valence-corrected chi connectivity index (χ3v) is 4.84. The van der Waals surface area contributed by atoms with Gasteiger partial charge in [-0.05, 0) is 38.5 Å². The van der Waals surface area contributed by atoms with E-state index in [1.165, 1.54) is 7.11 Å². The van der Waals surface area contributed by atoms with Crippen molar-refractivity contribution in [3.8, 4) is 5.69 Å². The number of hydrogen-bond donors (Lipinski definition) is 2. The highest BCUT2D eigenvalue weighted by atomic mass is 16.6. The van der Waals surface area contributed by atoms with Crippen molar-refractivity contribution in [3.05, 3.63) is 61.9 Å². The van der Waals surface area contributed by atoms with Gasteiger partial charge in [0, 0.05) is 18.4 Å². The largest absolute Gasteiger partial charge is 0.467 e. The van der Waals surface area contributed by atoms with Gasteiger partial charge in [-0.1, -0.05) is 12.1 Å². The number of aromatic amines is 1. The molecule has 0 fully saturated rings. The summed E-state index contributed by atoms with van der Waals surface area (Å²) in [5.74, 6) is -0.621. The summed E-state index contributed by atoms with van der Waals surface area (Å²) in [7, 11) is 1.23. The van der Waals surface area contributed by atoms with E-state index in [1.54, 1.807) is 45.0 Å². The number of H-pyrrole nitrogens is 1. The highest BCUT2D eigenvalue weighted by molar-refractivity contribution is 5.81. The Morgan fingerprint density at radius 3 is 2.53 bits per heavy atom. The molecule has 172 valence electrons. The summed E-state index contributed by atoms with van der Waals surface area (Å²) in [6.45, 7) is 5.79. The monoisotopic (exact) mass is 445 g/mol. The average Bonchev–Trinajstić information content (AvgIpc) is 2.72. The molecule has 0 unspecified atom stereocenters. The van der Waals surface area contributed by atoms with E-state index >= 15 is 0 Å². The molecule has 0 spiro atoms. The first-order valence-corrected chi connectivity index (χ1v) is 10.2. The van der Waals surface area contributed by atoms with Crippen LogP contribution in [0, 0.1) is 0 Å². The first-order chi connectivity index (χ1) is 15.1. The fraction of sp³-hybridized carbons (Fsp3) is 0.455. The molecule has 0 radical (unpaired) electrons. The molecular formula is C22H27N3O7. The second kappa shape index (κ2) is 9.39. The third kappa shape index (κ3) is 5.44. The number of fused-ring (bicyclic) bond motifs is 1. The third-order valence-electron chi connectivity index (χ3n) is 4.84. The zero-order valence-electron chi connectivity index (χ0n) is 18.5. The summed E-state index contributed by atoms with van der Waals surface area (Å²) in [4.78, 5) is 52.2. The molecule has 1 aliphatic rings. The van der Waals surface area contributed by atoms with Crippen molar-refractivity contribution in [2.24, 2.45) is 0 Å². The van der Waals surface area contributed by atoms with E-state index in [0.717, 1.165) is 4.57 Å². The minimum Gasteiger partial charge on any atom is -0.467 e. The molecule has 3 rings (SSSR count). The predicted molar refractivity (Wildman–Crippen MR) is 115 cm³/mol. The van der Waals surface area contributed by atoms with Gasteiger partial charge in [0.15, 0.2) is 0 Å². The van der Waals surface area contributed by atoms with Gasteiger partial charge in [0.25, 0.3) is 5.56 Å². The van der Waals surface area contributed by atoms with Crippen LogP contribution >= 0.6 is 0 Å². The Hall–Kier alpha value is -3.40. The van der Waals surface area contributed by atoms with Crippen LogP contribution in [0.3, 0.4) is 0 Å². The molecule has 2 aromatic rings. The number of methoxy groups -OCH3 is 1. The number of benzene rings is 1. The van der Waals surface area contributed by atoms with Crippen LogP contribution in [0.1, 0.15) is 37.6 Å². The highest BCUT2D eigenvalue weighted by Gasteiger charge is 2.25. The Morgan fingerprint density at radius 1 is 1.22 bits per heavy atom. The lowest BCUT2D eigenvalue weighted by atomic mass is 10.1. The second-order valence-corrected chi connectivity index (χ2v) is 8.42. The van der Waals surface area contributed by atoms with Gasteiger partial charge in [-0.25, -0.2) is 19.0 Å². The van der Waals surface area contributed by atoms with Gasteiger partial charge < -0.3 is 24.5 Å². The zero-order valence-corrected chi connectivity index (χ0v) is 18.5. The molecule has 0 bridgehead atoms. The number of ether oxygens (including phenoxy) is 3. The SMILES string of the molecule is COC(=O)[C@H](Cc1ccc(-n2c(=O)[nH]c3c(c2=O)CCOC3)cc1)NC(=O)OC(C)(C)C. The molecule has 1 aliphatic heterocycles. The van der Waals surface area contributed by atoms with Crippen LogP contribution in [0.25, 0.3) is 5.69 Å². The highest BCUT2D eigenvalue weighted by Crippen LogP contribution is 2.13. The van der Waals surface area contributed by atoms with Gasteiger partial charge in [0.1, 0.15) is 11.6 Å². The summed E-state index contributed by atoms with van der Waals surface area (Å²) in [6, 6.07) is 5.61. The Labute approximate surface area is 184 Å². The number of aromatic nitrogens is 2. The molecule has 1 atom stereocenters. The van der Waals surface area contributed by atoms with Gasteiger partial charge in [-0.2, -0.15) is 0 Å². The van der Waals surface area contributed by atoms with Crippen molar-refractivity contribution < 1.29 is 23.8 Å². The van der Waals surface area contributed by atoms with Crippen molar-refractivity contribution >= 4 is 12.1 Å². The van der Waals surface area contributed by atoms with Gasteiger partial charge >= 0.3 is 17.8 Å². The van der Waals surface area contributed by atoms with Gasteiger partial charge in [-0.3, -0.25) is 4.79 Å². The fourth-order valence-corrected chi connectivity index (χ4v) is 3.38. The van der Waals surface area contributed by atoms with E-state index in [4.69, 9.17) is 14.2 Å². The van der Waals surface area contributed by atoms with Crippen molar-refractivity contribution in [1.82, 2.24) is 14.9 Å². The van der Waals surface area contributed by atoms with E-state index in [0.29, 0.717) is 35.5 Å². The number of nitrogens with zero attached hydrogens (tertiary/aromatic N) is 1. The Bertz CT molecular complexity index is 1110. The molecule has 0 aliphatic carbocycles. The molecule has 10 nitrogen and oxygen atoms in total. The van der Waals surface area contributed by atoms with Crippen LogP contribution < -0.4 is 16.6 Å². The first kappa shape index (κ1) is 23.3. The standard InChI is InChI=1S/C22H27N3O7/c1-22(2,3)32-21(29)24-16(19(27)30-4)11-13-5-7-14(8-6-13)25-18(26)15-9-10-31-12-17(15)23-20(25)28/h5-8,16H,9-12H2,1-4H3,(H,23,28)(H,24,29)/t16-/m0/s1. The predicted octanol–water partition coefficient (Wildman–Crippen LogP) is 1.21. The van der Waals surface area contributed by atoms with Crippen molar-refractivity contribution in [3.63, 3.8) is 0 Å². The topological polar surface area (TPSA) is 129 Å². The van der Waals surface area contributed by atoms with E-state index in [1.807, 2.05) is 0 Å². The number of rotatable bonds is 5. The normalized spacial score (nSPS) is 14.2. The van der Waals surface area contributed by atoms with E-state index in [9.17, 15) is 19.2 Å². The molecular weight excluding hydrogens is 418 g/mol. The van der Waals surface area contributed by atoms with E-state index in [-0.39, 0.29) is 18.6 Å². The van der Waals surface area contributed by atoms with Crippen molar-refractivity contribution in [2.45, 2.75) is 51.9 Å². The lowest BCUT2D eigenvalue weighted by Gasteiger charge is -2.22. The summed E-state index contributed by atoms with van der Waals surface area (Å²) in [5, 5.41) is 2.51. The fourth-order valence-electron chi connectivity index (χ4n) is 3.38. The van der Waals surface area contributed by atoms with Gasteiger partial charge in [0.2, 0.25) is 0 Å². The maximum atomic E-state index is 12.8. The number of amides is 1. The quantitative estimate of drug-likeness (QED) is 0.662. The number of nitrogens with one attached hydrogen (secondary N) is 2. The maximum absolute atomic E-state index is 12.8. The number of esters is 1. The van der Waals surface area contributed by atoms with Crippen LogP contribution in [0.2, 0.25) is 0 Å². The smallest absolute Gasteiger partial charge is 0.408 e.